The fourth-order valence-corrected chi connectivity index (χ4v) is 4.86. The number of carbonyl (C=O) groups excluding carboxylic acids is 1. The van der Waals surface area contributed by atoms with Crippen LogP contribution in [0.25, 0.3) is 0 Å². The van der Waals surface area contributed by atoms with E-state index in [2.05, 4.69) is 17.0 Å². The van der Waals surface area contributed by atoms with Crippen molar-refractivity contribution in [2.24, 2.45) is 16.5 Å². The molecule has 2 atom stereocenters. The summed E-state index contributed by atoms with van der Waals surface area (Å²) in [5.74, 6) is 6.85. The first-order valence-corrected chi connectivity index (χ1v) is 9.98. The maximum Gasteiger partial charge on any atom is 0.412 e. The molecule has 2 unspecified atom stereocenters. The molecule has 0 bridgehead atoms. The van der Waals surface area contributed by atoms with Gasteiger partial charge < -0.3 is 9.57 Å². The third kappa shape index (κ3) is 3.17. The number of ether oxygens (including phenoxy) is 1. The molecule has 0 aromatic heterocycles. The Bertz CT molecular complexity index is 822. The van der Waals surface area contributed by atoms with Crippen LogP contribution >= 0.6 is 11.6 Å². The molecule has 5 nitrogen and oxygen atoms in total. The lowest BCUT2D eigenvalue weighted by molar-refractivity contribution is -0.0586. The molecule has 6 heteroatoms. The minimum Gasteiger partial charge on any atom is -0.450 e. The molecule has 142 valence electrons. The zero-order chi connectivity index (χ0) is 18.9. The number of benzene rings is 1. The zero-order valence-corrected chi connectivity index (χ0v) is 16.2. The molecule has 4 rings (SSSR count). The van der Waals surface area contributed by atoms with Crippen molar-refractivity contribution in [2.75, 3.05) is 13.2 Å². The van der Waals surface area contributed by atoms with Crippen molar-refractivity contribution in [1.29, 1.82) is 0 Å². The number of hydrogen-bond donors (Lipinski definition) is 0. The maximum absolute atomic E-state index is 12.4. The summed E-state index contributed by atoms with van der Waals surface area (Å²) >= 11 is 6.06. The van der Waals surface area contributed by atoms with Gasteiger partial charge in [-0.3, -0.25) is 4.90 Å². The van der Waals surface area contributed by atoms with E-state index in [0.29, 0.717) is 24.1 Å². The summed E-state index contributed by atoms with van der Waals surface area (Å²) in [7, 11) is 0. The van der Waals surface area contributed by atoms with Gasteiger partial charge in [0.25, 0.3) is 0 Å². The maximum atomic E-state index is 12.4. The number of fused-ring (bicyclic) bond motifs is 1. The fraction of sp³-hybridized carbons (Fsp3) is 0.524. The molecule has 1 saturated heterocycles. The second-order valence-corrected chi connectivity index (χ2v) is 7.76. The molecule has 2 aliphatic heterocycles. The molecule has 0 N–H and O–H groups in total. The first-order chi connectivity index (χ1) is 13.1. The first kappa shape index (κ1) is 18.2. The predicted octanol–water partition coefficient (Wildman–Crippen LogP) is 4.44. The number of oxime groups is 1. The monoisotopic (exact) mass is 386 g/mol. The van der Waals surface area contributed by atoms with E-state index in [-0.39, 0.29) is 11.5 Å². The Labute approximate surface area is 164 Å². The lowest BCUT2D eigenvalue weighted by Crippen LogP contribution is -2.47. The van der Waals surface area contributed by atoms with Crippen LogP contribution in [0.4, 0.5) is 4.79 Å². The Morgan fingerprint density at radius 2 is 2.22 bits per heavy atom. The van der Waals surface area contributed by atoms with Crippen molar-refractivity contribution in [1.82, 2.24) is 4.90 Å². The number of halogens is 1. The molecule has 1 aliphatic carbocycles. The SMILES string of the molecule is CCOC(=O)N1CCC2(C3CCCC3)C(C#Cc3cccc(Cl)c3)=NOC12. The topological polar surface area (TPSA) is 51.1 Å². The molecule has 3 aliphatic rings. The number of likely N-dealkylation sites (tertiary alicyclic amines) is 1. The third-order valence-corrected chi connectivity index (χ3v) is 6.15. The van der Waals surface area contributed by atoms with E-state index in [4.69, 9.17) is 21.2 Å². The van der Waals surface area contributed by atoms with E-state index >= 15 is 0 Å². The molecule has 1 aromatic rings. The van der Waals surface area contributed by atoms with Gasteiger partial charge in [-0.2, -0.15) is 0 Å². The lowest BCUT2D eigenvalue weighted by Gasteiger charge is -2.34. The first-order valence-electron chi connectivity index (χ1n) is 9.60. The van der Waals surface area contributed by atoms with E-state index in [1.807, 2.05) is 31.2 Å². The van der Waals surface area contributed by atoms with Gasteiger partial charge in [0.2, 0.25) is 6.23 Å². The Balaban J connectivity index is 1.66. The van der Waals surface area contributed by atoms with Gasteiger partial charge in [-0.25, -0.2) is 4.79 Å². The van der Waals surface area contributed by atoms with Gasteiger partial charge in [-0.1, -0.05) is 41.6 Å². The predicted molar refractivity (Wildman–Crippen MR) is 103 cm³/mol. The van der Waals surface area contributed by atoms with Crippen molar-refractivity contribution in [2.45, 2.75) is 45.3 Å². The van der Waals surface area contributed by atoms with Gasteiger partial charge in [0.1, 0.15) is 5.71 Å². The normalized spacial score (nSPS) is 26.8. The molecule has 1 amide bonds. The van der Waals surface area contributed by atoms with Crippen LogP contribution in [0.3, 0.4) is 0 Å². The van der Waals surface area contributed by atoms with Gasteiger partial charge in [0, 0.05) is 17.1 Å². The summed E-state index contributed by atoms with van der Waals surface area (Å²) in [6.07, 6.45) is 4.71. The van der Waals surface area contributed by atoms with E-state index < -0.39 is 6.23 Å². The highest BCUT2D eigenvalue weighted by atomic mass is 35.5. The van der Waals surface area contributed by atoms with Crippen molar-refractivity contribution in [3.05, 3.63) is 34.9 Å². The zero-order valence-electron chi connectivity index (χ0n) is 15.4. The Hall–Kier alpha value is -2.19. The Morgan fingerprint density at radius 1 is 1.41 bits per heavy atom. The molecule has 2 fully saturated rings. The Morgan fingerprint density at radius 3 is 2.96 bits per heavy atom. The van der Waals surface area contributed by atoms with E-state index in [1.54, 1.807) is 4.90 Å². The van der Waals surface area contributed by atoms with Crippen LogP contribution in [0.15, 0.2) is 29.4 Å². The van der Waals surface area contributed by atoms with Crippen molar-refractivity contribution < 1.29 is 14.4 Å². The summed E-state index contributed by atoms with van der Waals surface area (Å²) in [5, 5.41) is 4.98. The molecule has 1 aromatic carbocycles. The van der Waals surface area contributed by atoms with Crippen LogP contribution in [0, 0.1) is 23.2 Å². The third-order valence-electron chi connectivity index (χ3n) is 5.91. The highest BCUT2D eigenvalue weighted by molar-refractivity contribution is 6.30. The Kier molecular flexibility index (Phi) is 5.01. The molecule has 2 heterocycles. The summed E-state index contributed by atoms with van der Waals surface area (Å²) in [6.45, 7) is 2.77. The number of rotatable bonds is 2. The van der Waals surface area contributed by atoms with Crippen molar-refractivity contribution in [3.8, 4) is 11.8 Å². The van der Waals surface area contributed by atoms with Crippen LogP contribution in [-0.4, -0.2) is 36.1 Å². The highest BCUT2D eigenvalue weighted by Crippen LogP contribution is 2.53. The van der Waals surface area contributed by atoms with Crippen LogP contribution in [0.2, 0.25) is 5.02 Å². The average molecular weight is 387 g/mol. The largest absolute Gasteiger partial charge is 0.450 e. The fourth-order valence-electron chi connectivity index (χ4n) is 4.67. The second-order valence-electron chi connectivity index (χ2n) is 7.32. The minimum atomic E-state index is -0.414. The molecule has 0 radical (unpaired) electrons. The highest BCUT2D eigenvalue weighted by Gasteiger charge is 2.62. The van der Waals surface area contributed by atoms with Gasteiger partial charge in [0.15, 0.2) is 0 Å². The van der Waals surface area contributed by atoms with Crippen LogP contribution in [0.5, 0.6) is 0 Å². The van der Waals surface area contributed by atoms with Crippen LogP contribution in [-0.2, 0) is 9.57 Å². The number of nitrogens with zero attached hydrogens (tertiary/aromatic N) is 2. The van der Waals surface area contributed by atoms with Crippen molar-refractivity contribution in [3.63, 3.8) is 0 Å². The number of hydrogen-bond acceptors (Lipinski definition) is 4. The van der Waals surface area contributed by atoms with Crippen molar-refractivity contribution >= 4 is 23.4 Å². The van der Waals surface area contributed by atoms with Gasteiger partial charge in [0.05, 0.1) is 12.0 Å². The summed E-state index contributed by atoms with van der Waals surface area (Å²) in [4.78, 5) is 19.9. The smallest absolute Gasteiger partial charge is 0.412 e. The molecule has 0 spiro atoms. The summed E-state index contributed by atoms with van der Waals surface area (Å²) < 4.78 is 5.22. The second kappa shape index (κ2) is 7.44. The van der Waals surface area contributed by atoms with Gasteiger partial charge >= 0.3 is 6.09 Å². The van der Waals surface area contributed by atoms with E-state index in [1.165, 1.54) is 12.8 Å². The van der Waals surface area contributed by atoms with Crippen LogP contribution in [0.1, 0.15) is 44.6 Å². The quantitative estimate of drug-likeness (QED) is 0.706. The lowest BCUT2D eigenvalue weighted by atomic mass is 9.69. The van der Waals surface area contributed by atoms with Gasteiger partial charge in [-0.15, -0.1) is 0 Å². The number of carbonyl (C=O) groups is 1. The van der Waals surface area contributed by atoms with Crippen LogP contribution < -0.4 is 0 Å². The molecule has 27 heavy (non-hydrogen) atoms. The van der Waals surface area contributed by atoms with E-state index in [9.17, 15) is 4.79 Å². The number of amides is 1. The molecular formula is C21H23ClN2O3. The summed E-state index contributed by atoms with van der Waals surface area (Å²) in [5.41, 5.74) is 1.27. The van der Waals surface area contributed by atoms with Gasteiger partial charge in [-0.05, 0) is 56.2 Å². The summed E-state index contributed by atoms with van der Waals surface area (Å²) in [6, 6.07) is 7.47. The minimum absolute atomic E-state index is 0.325. The van der Waals surface area contributed by atoms with E-state index in [0.717, 1.165) is 30.5 Å². The molecule has 1 saturated carbocycles. The standard InChI is InChI=1S/C21H23ClN2O3/c1-2-26-20(25)24-13-12-21(16-7-3-4-8-16)18(23-27-19(21)24)11-10-15-6-5-9-17(22)14-15/h5-6,9,14,16,19H,2-4,7-8,12-13H2,1H3. The average Bonchev–Trinajstić information content (AvgIpc) is 3.36. The molecular weight excluding hydrogens is 364 g/mol.